The molecule has 0 bridgehead atoms. The number of nitro groups is 1. The van der Waals surface area contributed by atoms with Crippen molar-refractivity contribution in [1.29, 1.82) is 0 Å². The fourth-order valence-electron chi connectivity index (χ4n) is 2.30. The van der Waals surface area contributed by atoms with E-state index in [0.29, 0.717) is 12.1 Å². The van der Waals surface area contributed by atoms with Gasteiger partial charge in [0, 0.05) is 27.8 Å². The Morgan fingerprint density at radius 3 is 2.75 bits per heavy atom. The lowest BCUT2D eigenvalue weighted by atomic mass is 10.2. The highest BCUT2D eigenvalue weighted by atomic mass is 79.9. The Morgan fingerprint density at radius 2 is 1.95 bits per heavy atom. The van der Waals surface area contributed by atoms with E-state index < -0.39 is 0 Å². The van der Waals surface area contributed by atoms with Gasteiger partial charge in [0.15, 0.2) is 0 Å². The SMILES string of the molecule is O=[N+]([O-])c1ccccc1Cn1ccc2ccc(Br)cc21. The number of nitrogens with zero attached hydrogens (tertiary/aromatic N) is 2. The molecule has 0 unspecified atom stereocenters. The third-order valence-electron chi connectivity index (χ3n) is 3.26. The van der Waals surface area contributed by atoms with E-state index in [1.165, 1.54) is 6.07 Å². The van der Waals surface area contributed by atoms with Crippen LogP contribution < -0.4 is 0 Å². The maximum atomic E-state index is 11.1. The molecule has 0 amide bonds. The van der Waals surface area contributed by atoms with E-state index in [1.54, 1.807) is 12.1 Å². The molecule has 0 fully saturated rings. The van der Waals surface area contributed by atoms with E-state index in [-0.39, 0.29) is 10.6 Å². The molecule has 1 heterocycles. The van der Waals surface area contributed by atoms with Crippen LogP contribution in [0.15, 0.2) is 59.2 Å². The second-order valence-corrected chi connectivity index (χ2v) is 5.45. The smallest absolute Gasteiger partial charge is 0.274 e. The number of benzene rings is 2. The Balaban J connectivity index is 2.06. The molecule has 0 saturated heterocycles. The first kappa shape index (κ1) is 12.9. The van der Waals surface area contributed by atoms with E-state index in [0.717, 1.165) is 15.4 Å². The number of halogens is 1. The molecule has 1 aromatic heterocycles. The van der Waals surface area contributed by atoms with Gasteiger partial charge in [-0.2, -0.15) is 0 Å². The average Bonchev–Trinajstić information content (AvgIpc) is 2.82. The van der Waals surface area contributed by atoms with Crippen molar-refractivity contribution in [1.82, 2.24) is 4.57 Å². The van der Waals surface area contributed by atoms with Gasteiger partial charge in [-0.25, -0.2) is 0 Å². The Labute approximate surface area is 123 Å². The number of para-hydroxylation sites is 1. The number of hydrogen-bond acceptors (Lipinski definition) is 2. The van der Waals surface area contributed by atoms with Gasteiger partial charge in [0.1, 0.15) is 0 Å². The Bertz CT molecular complexity index is 795. The molecule has 0 aliphatic heterocycles. The first-order valence-corrected chi connectivity index (χ1v) is 6.91. The third-order valence-corrected chi connectivity index (χ3v) is 3.76. The summed E-state index contributed by atoms with van der Waals surface area (Å²) >= 11 is 3.45. The maximum Gasteiger partial charge on any atom is 0.274 e. The standard InChI is InChI=1S/C15H11BrN2O2/c16-13-6-5-11-7-8-17(15(11)9-13)10-12-3-1-2-4-14(12)18(19)20/h1-9H,10H2. The lowest BCUT2D eigenvalue weighted by molar-refractivity contribution is -0.385. The van der Waals surface area contributed by atoms with Crippen LogP contribution in [-0.2, 0) is 6.54 Å². The fraction of sp³-hybridized carbons (Fsp3) is 0.0667. The Hall–Kier alpha value is -2.14. The normalized spacial score (nSPS) is 10.8. The number of rotatable bonds is 3. The molecule has 0 atom stereocenters. The Morgan fingerprint density at radius 1 is 1.15 bits per heavy atom. The largest absolute Gasteiger partial charge is 0.343 e. The van der Waals surface area contributed by atoms with E-state index in [2.05, 4.69) is 15.9 Å². The highest BCUT2D eigenvalue weighted by Gasteiger charge is 2.13. The van der Waals surface area contributed by atoms with Gasteiger partial charge in [-0.3, -0.25) is 10.1 Å². The molecule has 100 valence electrons. The summed E-state index contributed by atoms with van der Waals surface area (Å²) in [6.45, 7) is 0.483. The zero-order valence-electron chi connectivity index (χ0n) is 10.5. The van der Waals surface area contributed by atoms with Gasteiger partial charge in [0.2, 0.25) is 0 Å². The zero-order chi connectivity index (χ0) is 14.1. The predicted octanol–water partition coefficient (Wildman–Crippen LogP) is 4.36. The van der Waals surface area contributed by atoms with Crippen LogP contribution in [0.2, 0.25) is 0 Å². The van der Waals surface area contributed by atoms with Gasteiger partial charge in [0.25, 0.3) is 5.69 Å². The average molecular weight is 331 g/mol. The molecule has 0 spiro atoms. The van der Waals surface area contributed by atoms with Gasteiger partial charge in [-0.05, 0) is 23.6 Å². The second-order valence-electron chi connectivity index (χ2n) is 4.53. The van der Waals surface area contributed by atoms with Crippen molar-refractivity contribution in [3.8, 4) is 0 Å². The van der Waals surface area contributed by atoms with Crippen molar-refractivity contribution in [2.45, 2.75) is 6.54 Å². The molecule has 0 aliphatic rings. The molecule has 2 aromatic carbocycles. The van der Waals surface area contributed by atoms with Gasteiger partial charge in [-0.1, -0.05) is 40.2 Å². The minimum absolute atomic E-state index is 0.157. The zero-order valence-corrected chi connectivity index (χ0v) is 12.1. The van der Waals surface area contributed by atoms with E-state index in [1.807, 2.05) is 41.1 Å². The quantitative estimate of drug-likeness (QED) is 0.529. The van der Waals surface area contributed by atoms with E-state index in [4.69, 9.17) is 0 Å². The van der Waals surface area contributed by atoms with Crippen LogP contribution in [-0.4, -0.2) is 9.49 Å². The van der Waals surface area contributed by atoms with Crippen molar-refractivity contribution >= 4 is 32.5 Å². The lowest BCUT2D eigenvalue weighted by Gasteiger charge is -2.06. The van der Waals surface area contributed by atoms with Gasteiger partial charge in [0.05, 0.1) is 11.5 Å². The van der Waals surface area contributed by atoms with Crippen LogP contribution in [0.5, 0.6) is 0 Å². The van der Waals surface area contributed by atoms with E-state index in [9.17, 15) is 10.1 Å². The summed E-state index contributed by atoms with van der Waals surface area (Å²) < 4.78 is 3.01. The van der Waals surface area contributed by atoms with Crippen LogP contribution in [0.25, 0.3) is 10.9 Å². The number of hydrogen-bond donors (Lipinski definition) is 0. The van der Waals surface area contributed by atoms with Crippen LogP contribution in [0, 0.1) is 10.1 Å². The highest BCUT2D eigenvalue weighted by molar-refractivity contribution is 9.10. The first-order valence-electron chi connectivity index (χ1n) is 6.12. The Kier molecular flexibility index (Phi) is 3.28. The minimum Gasteiger partial charge on any atom is -0.343 e. The molecular formula is C15H11BrN2O2. The summed E-state index contributed by atoms with van der Waals surface area (Å²) in [5.41, 5.74) is 1.91. The van der Waals surface area contributed by atoms with Gasteiger partial charge in [-0.15, -0.1) is 0 Å². The topological polar surface area (TPSA) is 48.1 Å². The molecule has 0 saturated carbocycles. The third kappa shape index (κ3) is 2.32. The summed E-state index contributed by atoms with van der Waals surface area (Å²) in [5, 5.41) is 12.2. The molecule has 0 radical (unpaired) electrons. The second kappa shape index (κ2) is 5.09. The fourth-order valence-corrected chi connectivity index (χ4v) is 2.65. The van der Waals surface area contributed by atoms with Crippen molar-refractivity contribution in [2.75, 3.05) is 0 Å². The molecular weight excluding hydrogens is 320 g/mol. The van der Waals surface area contributed by atoms with Crippen LogP contribution in [0.1, 0.15) is 5.56 Å². The molecule has 0 N–H and O–H groups in total. The molecule has 4 nitrogen and oxygen atoms in total. The summed E-state index contributed by atoms with van der Waals surface area (Å²) in [5.74, 6) is 0. The summed E-state index contributed by atoms with van der Waals surface area (Å²) in [6.07, 6.45) is 1.95. The number of nitro benzene ring substituents is 1. The number of aromatic nitrogens is 1. The van der Waals surface area contributed by atoms with Crippen LogP contribution in [0.3, 0.4) is 0 Å². The predicted molar refractivity (Wildman–Crippen MR) is 81.8 cm³/mol. The molecule has 20 heavy (non-hydrogen) atoms. The monoisotopic (exact) mass is 330 g/mol. The van der Waals surface area contributed by atoms with Crippen molar-refractivity contribution in [3.63, 3.8) is 0 Å². The first-order chi connectivity index (χ1) is 9.65. The summed E-state index contributed by atoms with van der Waals surface area (Å²) in [4.78, 5) is 10.7. The van der Waals surface area contributed by atoms with Crippen molar-refractivity contribution in [2.24, 2.45) is 0 Å². The van der Waals surface area contributed by atoms with Crippen LogP contribution in [0.4, 0.5) is 5.69 Å². The minimum atomic E-state index is -0.336. The highest BCUT2D eigenvalue weighted by Crippen LogP contribution is 2.24. The van der Waals surface area contributed by atoms with Gasteiger partial charge >= 0.3 is 0 Å². The lowest BCUT2D eigenvalue weighted by Crippen LogP contribution is -2.01. The maximum absolute atomic E-state index is 11.1. The summed E-state index contributed by atoms with van der Waals surface area (Å²) in [6, 6.07) is 14.9. The molecule has 0 aliphatic carbocycles. The van der Waals surface area contributed by atoms with E-state index >= 15 is 0 Å². The molecule has 5 heteroatoms. The van der Waals surface area contributed by atoms with Crippen molar-refractivity contribution < 1.29 is 4.92 Å². The molecule has 3 rings (SSSR count). The molecule has 3 aromatic rings. The van der Waals surface area contributed by atoms with Crippen molar-refractivity contribution in [3.05, 3.63) is 74.9 Å². The summed E-state index contributed by atoms with van der Waals surface area (Å²) in [7, 11) is 0. The number of fused-ring (bicyclic) bond motifs is 1. The van der Waals surface area contributed by atoms with Gasteiger partial charge < -0.3 is 4.57 Å². The van der Waals surface area contributed by atoms with Crippen LogP contribution >= 0.6 is 15.9 Å².